The van der Waals surface area contributed by atoms with Crippen molar-refractivity contribution in [2.24, 2.45) is 5.11 Å². The van der Waals surface area contributed by atoms with Gasteiger partial charge in [0.05, 0.1) is 19.3 Å². The van der Waals surface area contributed by atoms with E-state index in [-0.39, 0.29) is 12.0 Å². The first-order valence-electron chi connectivity index (χ1n) is 7.68. The number of hydrogen-bond acceptors (Lipinski definition) is 6. The van der Waals surface area contributed by atoms with Gasteiger partial charge in [0, 0.05) is 22.8 Å². The number of aliphatic hydroxyl groups excluding tert-OH is 1. The second-order valence-corrected chi connectivity index (χ2v) is 6.46. The molecule has 2 aliphatic rings. The quantitative estimate of drug-likeness (QED) is 0.393. The lowest BCUT2D eigenvalue weighted by Crippen LogP contribution is -2.39. The largest absolute Gasteiger partial charge is 0.485 e. The summed E-state index contributed by atoms with van der Waals surface area (Å²) in [4.78, 5) is 14.7. The smallest absolute Gasteiger partial charge is 0.349 e. The van der Waals surface area contributed by atoms with Gasteiger partial charge in [-0.05, 0) is 25.4 Å². The minimum Gasteiger partial charge on any atom is -0.485 e. The normalized spacial score (nSPS) is 27.5. The highest BCUT2D eigenvalue weighted by Crippen LogP contribution is 2.52. The Labute approximate surface area is 138 Å². The number of carbonyl (C=O) groups excluding carboxylic acids is 1. The molecule has 0 bridgehead atoms. The van der Waals surface area contributed by atoms with Gasteiger partial charge >= 0.3 is 5.97 Å². The SMILES string of the molecule is COC(=O)C(C)(C)Oc1cccc2c1OC1CC(O)C(N=[N+]=[N-])C21. The van der Waals surface area contributed by atoms with Crippen LogP contribution in [0, 0.1) is 0 Å². The molecular weight excluding hydrogens is 314 g/mol. The maximum atomic E-state index is 11.8. The van der Waals surface area contributed by atoms with Crippen molar-refractivity contribution in [3.05, 3.63) is 34.2 Å². The number of rotatable bonds is 4. The molecule has 4 unspecified atom stereocenters. The van der Waals surface area contributed by atoms with E-state index in [1.807, 2.05) is 6.07 Å². The van der Waals surface area contributed by atoms with Crippen molar-refractivity contribution in [2.45, 2.75) is 50.0 Å². The summed E-state index contributed by atoms with van der Waals surface area (Å²) in [6.45, 7) is 3.22. The molecule has 1 aromatic rings. The van der Waals surface area contributed by atoms with Crippen LogP contribution in [0.1, 0.15) is 31.7 Å². The number of nitrogens with zero attached hydrogens (tertiary/aromatic N) is 3. The van der Waals surface area contributed by atoms with Crippen LogP contribution in [0.5, 0.6) is 11.5 Å². The number of carbonyl (C=O) groups is 1. The average molecular weight is 333 g/mol. The average Bonchev–Trinajstić information content (AvgIpc) is 3.04. The van der Waals surface area contributed by atoms with Crippen LogP contribution < -0.4 is 9.47 Å². The zero-order valence-corrected chi connectivity index (χ0v) is 13.7. The fourth-order valence-corrected chi connectivity index (χ4v) is 3.41. The van der Waals surface area contributed by atoms with E-state index in [9.17, 15) is 9.90 Å². The van der Waals surface area contributed by atoms with Crippen molar-refractivity contribution >= 4 is 5.97 Å². The first-order chi connectivity index (χ1) is 11.4. The van der Waals surface area contributed by atoms with Crippen molar-refractivity contribution in [3.63, 3.8) is 0 Å². The van der Waals surface area contributed by atoms with E-state index >= 15 is 0 Å². The summed E-state index contributed by atoms with van der Waals surface area (Å²) in [7, 11) is 1.30. The minimum absolute atomic E-state index is 0.226. The maximum absolute atomic E-state index is 11.8. The van der Waals surface area contributed by atoms with E-state index in [4.69, 9.17) is 19.7 Å². The van der Waals surface area contributed by atoms with E-state index in [2.05, 4.69) is 10.0 Å². The lowest BCUT2D eigenvalue weighted by molar-refractivity contribution is -0.156. The second-order valence-electron chi connectivity index (χ2n) is 6.46. The van der Waals surface area contributed by atoms with Gasteiger partial charge in [-0.15, -0.1) is 0 Å². The van der Waals surface area contributed by atoms with Crippen LogP contribution in [0.25, 0.3) is 10.4 Å². The third-order valence-electron chi connectivity index (χ3n) is 4.50. The van der Waals surface area contributed by atoms with E-state index in [0.717, 1.165) is 5.56 Å². The molecule has 0 radical (unpaired) electrons. The van der Waals surface area contributed by atoms with Gasteiger partial charge in [-0.2, -0.15) is 0 Å². The molecule has 128 valence electrons. The standard InChI is InChI=1S/C16H19N3O5/c1-16(2,15(21)22-3)24-10-6-4-5-8-12-11(23-14(8)10)7-9(20)13(12)18-19-17/h4-6,9,11-13,20H,7H2,1-3H3. The first kappa shape index (κ1) is 16.4. The van der Waals surface area contributed by atoms with Crippen LogP contribution in [0.4, 0.5) is 0 Å². The van der Waals surface area contributed by atoms with E-state index in [0.29, 0.717) is 17.9 Å². The molecule has 1 aromatic carbocycles. The Balaban J connectivity index is 1.95. The Morgan fingerprint density at radius 1 is 1.50 bits per heavy atom. The van der Waals surface area contributed by atoms with Crippen LogP contribution in [0.15, 0.2) is 23.3 Å². The highest BCUT2D eigenvalue weighted by Gasteiger charge is 2.50. The van der Waals surface area contributed by atoms with Crippen molar-refractivity contribution < 1.29 is 24.1 Å². The van der Waals surface area contributed by atoms with E-state index in [1.54, 1.807) is 26.0 Å². The molecule has 0 saturated heterocycles. The lowest BCUT2D eigenvalue weighted by Gasteiger charge is -2.24. The predicted octanol–water partition coefficient (Wildman–Crippen LogP) is 2.31. The molecule has 1 N–H and O–H groups in total. The Bertz CT molecular complexity index is 714. The number of azide groups is 1. The fourth-order valence-electron chi connectivity index (χ4n) is 3.41. The molecule has 8 nitrogen and oxygen atoms in total. The number of hydrogen-bond donors (Lipinski definition) is 1. The molecular formula is C16H19N3O5. The number of benzene rings is 1. The highest BCUT2D eigenvalue weighted by atomic mass is 16.6. The molecule has 1 aliphatic heterocycles. The molecule has 0 aromatic heterocycles. The van der Waals surface area contributed by atoms with Crippen molar-refractivity contribution in [1.82, 2.24) is 0 Å². The number of fused-ring (bicyclic) bond motifs is 3. The van der Waals surface area contributed by atoms with Gasteiger partial charge in [0.1, 0.15) is 6.10 Å². The van der Waals surface area contributed by atoms with E-state index in [1.165, 1.54) is 7.11 Å². The van der Waals surface area contributed by atoms with Gasteiger partial charge in [-0.3, -0.25) is 0 Å². The van der Waals surface area contributed by atoms with Gasteiger partial charge in [-0.1, -0.05) is 17.2 Å². The molecule has 1 saturated carbocycles. The third-order valence-corrected chi connectivity index (χ3v) is 4.50. The number of esters is 1. The Kier molecular flexibility index (Phi) is 4.03. The van der Waals surface area contributed by atoms with Crippen LogP contribution in [0.2, 0.25) is 0 Å². The first-order valence-corrected chi connectivity index (χ1v) is 7.68. The van der Waals surface area contributed by atoms with Crippen molar-refractivity contribution in [2.75, 3.05) is 7.11 Å². The number of para-hydroxylation sites is 1. The fraction of sp³-hybridized carbons (Fsp3) is 0.562. The maximum Gasteiger partial charge on any atom is 0.349 e. The van der Waals surface area contributed by atoms with Crippen LogP contribution in [0.3, 0.4) is 0 Å². The van der Waals surface area contributed by atoms with Crippen LogP contribution in [-0.2, 0) is 9.53 Å². The Hall–Kier alpha value is -2.44. The summed E-state index contributed by atoms with van der Waals surface area (Å²) in [5.74, 6) is 0.220. The molecule has 24 heavy (non-hydrogen) atoms. The monoisotopic (exact) mass is 333 g/mol. The molecule has 0 amide bonds. The lowest BCUT2D eigenvalue weighted by atomic mass is 9.94. The van der Waals surface area contributed by atoms with Crippen molar-refractivity contribution in [1.29, 1.82) is 0 Å². The molecule has 8 heteroatoms. The molecule has 3 rings (SSSR count). The molecule has 0 spiro atoms. The predicted molar refractivity (Wildman–Crippen MR) is 83.9 cm³/mol. The number of aliphatic hydroxyl groups is 1. The second kappa shape index (κ2) is 5.89. The van der Waals surface area contributed by atoms with Crippen LogP contribution in [-0.4, -0.2) is 42.0 Å². The molecule has 1 fully saturated rings. The molecule has 1 aliphatic carbocycles. The topological polar surface area (TPSA) is 114 Å². The third kappa shape index (κ3) is 2.53. The summed E-state index contributed by atoms with van der Waals surface area (Å²) >= 11 is 0. The molecule has 4 atom stereocenters. The van der Waals surface area contributed by atoms with Gasteiger partial charge in [-0.25, -0.2) is 4.79 Å². The minimum atomic E-state index is -1.17. The summed E-state index contributed by atoms with van der Waals surface area (Å²) in [5, 5.41) is 13.8. The number of methoxy groups -OCH3 is 1. The summed E-state index contributed by atoms with van der Waals surface area (Å²) in [6.07, 6.45) is -0.639. The Morgan fingerprint density at radius 2 is 2.25 bits per heavy atom. The van der Waals surface area contributed by atoms with Gasteiger partial charge in [0.2, 0.25) is 0 Å². The molecule has 1 heterocycles. The van der Waals surface area contributed by atoms with Gasteiger partial charge < -0.3 is 19.3 Å². The number of ether oxygens (including phenoxy) is 3. The van der Waals surface area contributed by atoms with Crippen LogP contribution >= 0.6 is 0 Å². The van der Waals surface area contributed by atoms with Gasteiger partial charge in [0.15, 0.2) is 17.1 Å². The zero-order valence-electron chi connectivity index (χ0n) is 13.7. The summed E-state index contributed by atoms with van der Waals surface area (Å²) < 4.78 is 16.5. The Morgan fingerprint density at radius 3 is 2.92 bits per heavy atom. The van der Waals surface area contributed by atoms with Crippen molar-refractivity contribution in [3.8, 4) is 11.5 Å². The zero-order chi connectivity index (χ0) is 17.5. The highest BCUT2D eigenvalue weighted by molar-refractivity contribution is 5.79. The summed E-state index contributed by atoms with van der Waals surface area (Å²) in [5.41, 5.74) is 8.38. The van der Waals surface area contributed by atoms with Gasteiger partial charge in [0.25, 0.3) is 0 Å². The summed E-state index contributed by atoms with van der Waals surface area (Å²) in [6, 6.07) is 4.77. The van der Waals surface area contributed by atoms with E-state index < -0.39 is 23.7 Å².